The molecule has 2 aromatic rings. The lowest BCUT2D eigenvalue weighted by molar-refractivity contribution is -0.128. The molecule has 6 nitrogen and oxygen atoms in total. The number of rotatable bonds is 10. The van der Waals surface area contributed by atoms with E-state index in [0.717, 1.165) is 62.7 Å². The molecule has 32 heavy (non-hydrogen) atoms. The van der Waals surface area contributed by atoms with Crippen LogP contribution in [0.4, 0.5) is 0 Å². The molecule has 1 aliphatic heterocycles. The van der Waals surface area contributed by atoms with E-state index in [0.29, 0.717) is 6.54 Å². The molecule has 2 amide bonds. The molecule has 7 heteroatoms. The predicted molar refractivity (Wildman–Crippen MR) is 128 cm³/mol. The summed E-state index contributed by atoms with van der Waals surface area (Å²) in [5.41, 5.74) is 6.26. The molecule has 0 aromatic heterocycles. The molecule has 0 bridgehead atoms. The highest BCUT2D eigenvalue weighted by molar-refractivity contribution is 5.85. The summed E-state index contributed by atoms with van der Waals surface area (Å²) in [4.78, 5) is 23.4. The molecule has 0 spiro atoms. The van der Waals surface area contributed by atoms with E-state index in [4.69, 9.17) is 5.21 Å². The van der Waals surface area contributed by atoms with Crippen LogP contribution in [0.15, 0.2) is 48.5 Å². The number of hydrogen-bond donors (Lipinski definition) is 4. The summed E-state index contributed by atoms with van der Waals surface area (Å²) >= 11 is 0. The first kappa shape index (κ1) is 25.8. The molecule has 1 fully saturated rings. The number of unbranched alkanes of at least 4 members (excludes halogenated alkanes) is 1. The Bertz CT molecular complexity index is 835. The standard InChI is InChI=1S/C25H33N3O3.ClH/c29-24(28-31)17-21-9-5-19(6-10-21)3-1-2-4-20-7-11-22(12-8-20)18-27-25(30)23-13-15-26-16-14-23;/h5-12,23,26,31H,1-4,13-18H2,(H,27,30)(H,28,29);1H. The molecule has 0 radical (unpaired) electrons. The average molecular weight is 460 g/mol. The van der Waals surface area contributed by atoms with Gasteiger partial charge in [0.1, 0.15) is 0 Å². The molecule has 174 valence electrons. The first-order valence-electron chi connectivity index (χ1n) is 11.2. The third kappa shape index (κ3) is 8.61. The van der Waals surface area contributed by atoms with Crippen molar-refractivity contribution in [1.29, 1.82) is 0 Å². The Labute approximate surface area is 196 Å². The fraction of sp³-hybridized carbons (Fsp3) is 0.440. The number of halogens is 1. The van der Waals surface area contributed by atoms with Crippen LogP contribution in [-0.2, 0) is 35.4 Å². The molecule has 0 unspecified atom stereocenters. The van der Waals surface area contributed by atoms with E-state index in [1.807, 2.05) is 24.3 Å². The minimum atomic E-state index is -0.400. The lowest BCUT2D eigenvalue weighted by Crippen LogP contribution is -2.37. The second kappa shape index (κ2) is 13.9. The lowest BCUT2D eigenvalue weighted by Gasteiger charge is -2.21. The van der Waals surface area contributed by atoms with Crippen LogP contribution in [-0.4, -0.2) is 30.1 Å². The Balaban J connectivity index is 0.00000363. The smallest absolute Gasteiger partial charge is 0.247 e. The zero-order valence-corrected chi connectivity index (χ0v) is 19.3. The quantitative estimate of drug-likeness (QED) is 0.249. The van der Waals surface area contributed by atoms with E-state index in [2.05, 4.69) is 34.9 Å². The number of carbonyl (C=O) groups excluding carboxylic acids is 2. The van der Waals surface area contributed by atoms with Crippen molar-refractivity contribution in [3.8, 4) is 0 Å². The van der Waals surface area contributed by atoms with E-state index in [9.17, 15) is 9.59 Å². The van der Waals surface area contributed by atoms with E-state index >= 15 is 0 Å². The second-order valence-electron chi connectivity index (χ2n) is 8.29. The minimum Gasteiger partial charge on any atom is -0.352 e. The van der Waals surface area contributed by atoms with E-state index in [1.54, 1.807) is 5.48 Å². The van der Waals surface area contributed by atoms with Gasteiger partial charge in [0.25, 0.3) is 0 Å². The molecule has 0 atom stereocenters. The third-order valence-corrected chi connectivity index (χ3v) is 5.89. The topological polar surface area (TPSA) is 90.5 Å². The van der Waals surface area contributed by atoms with Crippen LogP contribution < -0.4 is 16.1 Å². The first-order valence-corrected chi connectivity index (χ1v) is 11.2. The van der Waals surface area contributed by atoms with Crippen molar-refractivity contribution < 1.29 is 14.8 Å². The summed E-state index contributed by atoms with van der Waals surface area (Å²) in [6.07, 6.45) is 6.30. The number of amides is 2. The monoisotopic (exact) mass is 459 g/mol. The Kier molecular flexibility index (Phi) is 11.2. The maximum absolute atomic E-state index is 12.2. The van der Waals surface area contributed by atoms with Crippen LogP contribution >= 0.6 is 12.4 Å². The van der Waals surface area contributed by atoms with Crippen molar-refractivity contribution in [1.82, 2.24) is 16.1 Å². The number of piperidine rings is 1. The zero-order valence-electron chi connectivity index (χ0n) is 18.4. The Hall–Kier alpha value is -2.41. The van der Waals surface area contributed by atoms with Gasteiger partial charge in [-0.25, -0.2) is 5.48 Å². The molecule has 0 saturated carbocycles. The van der Waals surface area contributed by atoms with Crippen LogP contribution in [0, 0.1) is 5.92 Å². The van der Waals surface area contributed by atoms with Gasteiger partial charge in [0.2, 0.25) is 11.8 Å². The van der Waals surface area contributed by atoms with Gasteiger partial charge >= 0.3 is 0 Å². The zero-order chi connectivity index (χ0) is 21.9. The van der Waals surface area contributed by atoms with Crippen molar-refractivity contribution >= 4 is 24.2 Å². The maximum Gasteiger partial charge on any atom is 0.247 e. The van der Waals surface area contributed by atoms with Gasteiger partial charge in [-0.15, -0.1) is 12.4 Å². The number of carbonyl (C=O) groups is 2. The highest BCUT2D eigenvalue weighted by Crippen LogP contribution is 2.14. The Morgan fingerprint density at radius 1 is 0.844 bits per heavy atom. The average Bonchev–Trinajstić information content (AvgIpc) is 2.82. The van der Waals surface area contributed by atoms with Crippen molar-refractivity contribution in [2.45, 2.75) is 51.5 Å². The normalized spacial score (nSPS) is 13.8. The van der Waals surface area contributed by atoms with Gasteiger partial charge in [-0.1, -0.05) is 48.5 Å². The summed E-state index contributed by atoms with van der Waals surface area (Å²) in [5.74, 6) is -0.0741. The number of hydroxylamine groups is 1. The van der Waals surface area contributed by atoms with Gasteiger partial charge in [-0.05, 0) is 73.9 Å². The van der Waals surface area contributed by atoms with Crippen molar-refractivity contribution in [2.24, 2.45) is 5.92 Å². The molecule has 1 heterocycles. The lowest BCUT2D eigenvalue weighted by atomic mass is 9.97. The number of benzene rings is 2. The van der Waals surface area contributed by atoms with Gasteiger partial charge in [-0.2, -0.15) is 0 Å². The van der Waals surface area contributed by atoms with E-state index in [-0.39, 0.29) is 30.7 Å². The molecule has 0 aliphatic carbocycles. The molecule has 1 aliphatic rings. The third-order valence-electron chi connectivity index (χ3n) is 5.89. The fourth-order valence-corrected chi connectivity index (χ4v) is 3.95. The molecule has 4 N–H and O–H groups in total. The van der Waals surface area contributed by atoms with Gasteiger partial charge < -0.3 is 10.6 Å². The molecular weight excluding hydrogens is 426 g/mol. The summed E-state index contributed by atoms with van der Waals surface area (Å²) < 4.78 is 0. The summed E-state index contributed by atoms with van der Waals surface area (Å²) in [7, 11) is 0. The SMILES string of the molecule is Cl.O=C(Cc1ccc(CCCCc2ccc(CNC(=O)C3CCNCC3)cc2)cc1)NO. The van der Waals surface area contributed by atoms with E-state index < -0.39 is 5.91 Å². The molecule has 2 aromatic carbocycles. The predicted octanol–water partition coefficient (Wildman–Crippen LogP) is 3.34. The van der Waals surface area contributed by atoms with Crippen LogP contribution in [0.25, 0.3) is 0 Å². The van der Waals surface area contributed by atoms with Crippen LogP contribution in [0.2, 0.25) is 0 Å². The first-order chi connectivity index (χ1) is 15.1. The van der Waals surface area contributed by atoms with Crippen LogP contribution in [0.5, 0.6) is 0 Å². The molecule has 3 rings (SSSR count). The van der Waals surface area contributed by atoms with Gasteiger partial charge in [0, 0.05) is 12.5 Å². The highest BCUT2D eigenvalue weighted by atomic mass is 35.5. The summed E-state index contributed by atoms with van der Waals surface area (Å²) in [6.45, 7) is 2.46. The van der Waals surface area contributed by atoms with Crippen LogP contribution in [0.3, 0.4) is 0 Å². The summed E-state index contributed by atoms with van der Waals surface area (Å²) in [5, 5.41) is 14.9. The number of aryl methyl sites for hydroxylation is 2. The van der Waals surface area contributed by atoms with Crippen molar-refractivity contribution in [3.05, 3.63) is 70.8 Å². The van der Waals surface area contributed by atoms with E-state index in [1.165, 1.54) is 11.1 Å². The molecule has 1 saturated heterocycles. The second-order valence-corrected chi connectivity index (χ2v) is 8.29. The Morgan fingerprint density at radius 2 is 1.34 bits per heavy atom. The van der Waals surface area contributed by atoms with Gasteiger partial charge in [0.05, 0.1) is 6.42 Å². The largest absolute Gasteiger partial charge is 0.352 e. The fourth-order valence-electron chi connectivity index (χ4n) is 3.95. The number of nitrogens with one attached hydrogen (secondary N) is 3. The van der Waals surface area contributed by atoms with Crippen molar-refractivity contribution in [3.63, 3.8) is 0 Å². The maximum atomic E-state index is 12.2. The minimum absolute atomic E-state index is 0. The number of hydrogen-bond acceptors (Lipinski definition) is 4. The molecular formula is C25H34ClN3O3. The van der Waals surface area contributed by atoms with Gasteiger partial charge in [-0.3, -0.25) is 14.8 Å². The highest BCUT2D eigenvalue weighted by Gasteiger charge is 2.20. The van der Waals surface area contributed by atoms with Crippen LogP contribution in [0.1, 0.15) is 47.9 Å². The summed E-state index contributed by atoms with van der Waals surface area (Å²) in [6, 6.07) is 16.5. The van der Waals surface area contributed by atoms with Gasteiger partial charge in [0.15, 0.2) is 0 Å². The Morgan fingerprint density at radius 3 is 1.88 bits per heavy atom. The van der Waals surface area contributed by atoms with Crippen molar-refractivity contribution in [2.75, 3.05) is 13.1 Å².